The van der Waals surface area contributed by atoms with Crippen molar-refractivity contribution in [3.05, 3.63) is 77.3 Å². The van der Waals surface area contributed by atoms with Crippen LogP contribution in [0.15, 0.2) is 54.7 Å². The van der Waals surface area contributed by atoms with E-state index in [-0.39, 0.29) is 18.0 Å². The third-order valence-electron chi connectivity index (χ3n) is 5.32. The van der Waals surface area contributed by atoms with Gasteiger partial charge in [0.2, 0.25) is 5.91 Å². The third kappa shape index (κ3) is 5.33. The van der Waals surface area contributed by atoms with Gasteiger partial charge in [-0.1, -0.05) is 30.3 Å². The van der Waals surface area contributed by atoms with E-state index in [1.165, 1.54) is 0 Å². The predicted octanol–water partition coefficient (Wildman–Crippen LogP) is 4.30. The number of nitrogens with one attached hydrogen (secondary N) is 1. The van der Waals surface area contributed by atoms with Gasteiger partial charge >= 0.3 is 0 Å². The average Bonchev–Trinajstić information content (AvgIpc) is 3.30. The van der Waals surface area contributed by atoms with E-state index in [9.17, 15) is 4.79 Å². The minimum absolute atomic E-state index is 0.0684. The van der Waals surface area contributed by atoms with Crippen LogP contribution in [0.25, 0.3) is 11.9 Å². The van der Waals surface area contributed by atoms with Crippen LogP contribution in [0.5, 0.6) is 0 Å². The number of hydrogen-bond acceptors (Lipinski definition) is 3. The molecule has 3 aromatic rings. The van der Waals surface area contributed by atoms with Gasteiger partial charge in [0.25, 0.3) is 0 Å². The molecule has 2 aromatic heterocycles. The van der Waals surface area contributed by atoms with Crippen molar-refractivity contribution >= 4 is 12.0 Å². The summed E-state index contributed by atoms with van der Waals surface area (Å²) in [5, 5.41) is 7.59. The highest BCUT2D eigenvalue weighted by molar-refractivity contribution is 5.92. The van der Waals surface area contributed by atoms with Crippen LogP contribution >= 0.6 is 0 Å². The number of aryl methyl sites for hydroxylation is 1. The van der Waals surface area contributed by atoms with Crippen LogP contribution in [-0.2, 0) is 4.79 Å². The molecular weight excluding hydrogens is 386 g/mol. The van der Waals surface area contributed by atoms with Crippen LogP contribution in [0.2, 0.25) is 0 Å². The van der Waals surface area contributed by atoms with Crippen molar-refractivity contribution in [1.29, 1.82) is 0 Å². The molecule has 1 amide bonds. The number of rotatable bonds is 8. The molecule has 0 saturated carbocycles. The largest absolute Gasteiger partial charge is 0.344 e. The lowest BCUT2D eigenvalue weighted by molar-refractivity contribution is -0.117. The molecule has 0 aliphatic heterocycles. The Morgan fingerprint density at radius 3 is 2.52 bits per heavy atom. The summed E-state index contributed by atoms with van der Waals surface area (Å²) in [5.74, 6) is 0.928. The lowest BCUT2D eigenvalue weighted by atomic mass is 10.1. The highest BCUT2D eigenvalue weighted by Gasteiger charge is 2.16. The van der Waals surface area contributed by atoms with Crippen LogP contribution in [0.3, 0.4) is 0 Å². The first-order chi connectivity index (χ1) is 14.8. The number of nitrogens with zero attached hydrogens (tertiary/aromatic N) is 4. The highest BCUT2D eigenvalue weighted by Crippen LogP contribution is 2.23. The number of hydrogen-bond donors (Lipinski definition) is 1. The number of benzene rings is 1. The normalized spacial score (nSPS) is 12.8. The Morgan fingerprint density at radius 1 is 1.16 bits per heavy atom. The van der Waals surface area contributed by atoms with Gasteiger partial charge in [0.1, 0.15) is 5.82 Å². The molecule has 0 aliphatic carbocycles. The Labute approximate surface area is 185 Å². The lowest BCUT2D eigenvalue weighted by Crippen LogP contribution is -2.34. The van der Waals surface area contributed by atoms with Crippen molar-refractivity contribution in [3.8, 4) is 5.82 Å². The van der Waals surface area contributed by atoms with Crippen molar-refractivity contribution in [2.45, 2.75) is 39.8 Å². The summed E-state index contributed by atoms with van der Waals surface area (Å²) in [6.45, 7) is 9.11. The number of carbonyl (C=O) groups excluding carboxylic acids is 1. The fourth-order valence-electron chi connectivity index (χ4n) is 3.86. The summed E-state index contributed by atoms with van der Waals surface area (Å²) in [6.07, 6.45) is 5.34. The summed E-state index contributed by atoms with van der Waals surface area (Å²) in [7, 11) is 4.02. The molecule has 1 aromatic carbocycles. The standard InChI is InChI=1S/C25H33N5O/c1-18(2)30-25(14-15-26-30)29-19(3)16-22(20(29)4)12-13-24(31)27-23(17-28(5)6)21-10-8-7-9-11-21/h7-16,18,23H,17H2,1-6H3,(H,27,31)/b13-12+. The van der Waals surface area contributed by atoms with Gasteiger partial charge in [-0.15, -0.1) is 0 Å². The molecule has 2 heterocycles. The molecule has 0 fully saturated rings. The molecule has 0 aliphatic rings. The molecule has 164 valence electrons. The van der Waals surface area contributed by atoms with Gasteiger partial charge in [0.05, 0.1) is 12.2 Å². The fourth-order valence-corrected chi connectivity index (χ4v) is 3.86. The van der Waals surface area contributed by atoms with E-state index in [0.717, 1.165) is 34.9 Å². The molecule has 31 heavy (non-hydrogen) atoms. The third-order valence-corrected chi connectivity index (χ3v) is 5.32. The Balaban J connectivity index is 1.80. The molecule has 3 rings (SSSR count). The van der Waals surface area contributed by atoms with E-state index >= 15 is 0 Å². The second-order valence-electron chi connectivity index (χ2n) is 8.46. The zero-order chi connectivity index (χ0) is 22.5. The highest BCUT2D eigenvalue weighted by atomic mass is 16.1. The number of carbonyl (C=O) groups is 1. The summed E-state index contributed by atoms with van der Waals surface area (Å²) in [5.41, 5.74) is 4.30. The average molecular weight is 420 g/mol. The van der Waals surface area contributed by atoms with Crippen LogP contribution in [0.1, 0.15) is 48.4 Å². The van der Waals surface area contributed by atoms with Crippen molar-refractivity contribution < 1.29 is 4.79 Å². The number of aromatic nitrogens is 3. The van der Waals surface area contributed by atoms with Crippen molar-refractivity contribution in [3.63, 3.8) is 0 Å². The van der Waals surface area contributed by atoms with Gasteiger partial charge in [-0.25, -0.2) is 4.68 Å². The Hall–Kier alpha value is -3.12. The second-order valence-corrected chi connectivity index (χ2v) is 8.46. The summed E-state index contributed by atoms with van der Waals surface area (Å²) in [6, 6.07) is 14.4. The molecule has 6 heteroatoms. The Bertz CT molecular complexity index is 1040. The van der Waals surface area contributed by atoms with E-state index in [4.69, 9.17) is 0 Å². The van der Waals surface area contributed by atoms with Crippen molar-refractivity contribution in [2.75, 3.05) is 20.6 Å². The van der Waals surface area contributed by atoms with E-state index in [1.807, 2.05) is 67.4 Å². The first-order valence-electron chi connectivity index (χ1n) is 10.7. The van der Waals surface area contributed by atoms with Gasteiger partial charge in [-0.05, 0) is 65.1 Å². The second kappa shape index (κ2) is 9.79. The van der Waals surface area contributed by atoms with Crippen LogP contribution in [0.4, 0.5) is 0 Å². The van der Waals surface area contributed by atoms with Gasteiger partial charge in [-0.2, -0.15) is 5.10 Å². The molecule has 1 atom stereocenters. The zero-order valence-electron chi connectivity index (χ0n) is 19.3. The molecule has 0 radical (unpaired) electrons. The molecular formula is C25H33N5O. The smallest absolute Gasteiger partial charge is 0.244 e. The van der Waals surface area contributed by atoms with Gasteiger partial charge in [-0.3, -0.25) is 4.79 Å². The monoisotopic (exact) mass is 419 g/mol. The van der Waals surface area contributed by atoms with Gasteiger partial charge in [0, 0.05) is 36.1 Å². The van der Waals surface area contributed by atoms with Crippen molar-refractivity contribution in [2.24, 2.45) is 0 Å². The summed E-state index contributed by atoms with van der Waals surface area (Å²) >= 11 is 0. The Morgan fingerprint density at radius 2 is 1.87 bits per heavy atom. The topological polar surface area (TPSA) is 55.1 Å². The first-order valence-corrected chi connectivity index (χ1v) is 10.7. The quantitative estimate of drug-likeness (QED) is 0.554. The SMILES string of the molecule is Cc1cc(/C=C/C(=O)NC(CN(C)C)c2ccccc2)c(C)n1-c1ccnn1C(C)C. The minimum Gasteiger partial charge on any atom is -0.344 e. The Kier molecular flexibility index (Phi) is 7.13. The summed E-state index contributed by atoms with van der Waals surface area (Å²) in [4.78, 5) is 14.8. The molecule has 6 nitrogen and oxygen atoms in total. The van der Waals surface area contributed by atoms with Crippen molar-refractivity contribution in [1.82, 2.24) is 24.6 Å². The molecule has 0 saturated heterocycles. The zero-order valence-corrected chi connectivity index (χ0v) is 19.3. The molecule has 0 bridgehead atoms. The van der Waals surface area contributed by atoms with E-state index in [2.05, 4.69) is 53.6 Å². The number of likely N-dealkylation sites (N-methyl/N-ethyl adjacent to an activating group) is 1. The minimum atomic E-state index is -0.104. The first kappa shape index (κ1) is 22.6. The maximum Gasteiger partial charge on any atom is 0.244 e. The lowest BCUT2D eigenvalue weighted by Gasteiger charge is -2.22. The van der Waals surface area contributed by atoms with E-state index in [0.29, 0.717) is 0 Å². The predicted molar refractivity (Wildman–Crippen MR) is 126 cm³/mol. The van der Waals surface area contributed by atoms with Crippen LogP contribution < -0.4 is 5.32 Å². The van der Waals surface area contributed by atoms with Gasteiger partial charge < -0.3 is 14.8 Å². The van der Waals surface area contributed by atoms with E-state index in [1.54, 1.807) is 6.08 Å². The fraction of sp³-hybridized carbons (Fsp3) is 0.360. The molecule has 1 unspecified atom stereocenters. The molecule has 0 spiro atoms. The maximum absolute atomic E-state index is 12.7. The van der Waals surface area contributed by atoms with Crippen LogP contribution in [-0.4, -0.2) is 45.8 Å². The number of amides is 1. The van der Waals surface area contributed by atoms with Gasteiger partial charge in [0.15, 0.2) is 0 Å². The molecule has 1 N–H and O–H groups in total. The summed E-state index contributed by atoms with van der Waals surface area (Å²) < 4.78 is 4.19. The maximum atomic E-state index is 12.7. The van der Waals surface area contributed by atoms with E-state index < -0.39 is 0 Å². The van der Waals surface area contributed by atoms with Crippen LogP contribution in [0, 0.1) is 13.8 Å².